The lowest BCUT2D eigenvalue weighted by Crippen LogP contribution is -2.32. The van der Waals surface area contributed by atoms with Crippen LogP contribution in [0.15, 0.2) is 54.9 Å². The highest BCUT2D eigenvalue weighted by Crippen LogP contribution is 2.29. The number of para-hydroxylation sites is 1. The highest BCUT2D eigenvalue weighted by molar-refractivity contribution is 6.35. The Balaban J connectivity index is 1.90. The number of carbonyl (C=O) groups excluding carboxylic acids is 1. The SMILES string of the molecule is COc1ccccc1[C@H](NC(=O)Cc1ccc(Cl)cc1Cl)c1nccn1C. The lowest BCUT2D eigenvalue weighted by molar-refractivity contribution is -0.121. The second kappa shape index (κ2) is 8.46. The lowest BCUT2D eigenvalue weighted by Gasteiger charge is -2.21. The van der Waals surface area contributed by atoms with Gasteiger partial charge in [-0.2, -0.15) is 0 Å². The number of nitrogens with zero attached hydrogens (tertiary/aromatic N) is 2. The van der Waals surface area contributed by atoms with Crippen LogP contribution in [0.3, 0.4) is 0 Å². The Morgan fingerprint density at radius 2 is 2.04 bits per heavy atom. The van der Waals surface area contributed by atoms with Crippen LogP contribution >= 0.6 is 23.2 Å². The number of aromatic nitrogens is 2. The highest BCUT2D eigenvalue weighted by Gasteiger charge is 2.24. The zero-order valence-corrected chi connectivity index (χ0v) is 16.5. The summed E-state index contributed by atoms with van der Waals surface area (Å²) in [7, 11) is 3.48. The number of carbonyl (C=O) groups is 1. The monoisotopic (exact) mass is 403 g/mol. The van der Waals surface area contributed by atoms with E-state index in [2.05, 4.69) is 10.3 Å². The molecule has 0 saturated carbocycles. The van der Waals surface area contributed by atoms with Crippen molar-refractivity contribution in [2.45, 2.75) is 12.5 Å². The molecule has 0 aliphatic heterocycles. The van der Waals surface area contributed by atoms with E-state index in [1.165, 1.54) is 0 Å². The third kappa shape index (κ3) is 4.43. The van der Waals surface area contributed by atoms with Crippen LogP contribution in [0.1, 0.15) is 23.0 Å². The van der Waals surface area contributed by atoms with Crippen LogP contribution in [0.4, 0.5) is 0 Å². The molecular weight excluding hydrogens is 385 g/mol. The predicted molar refractivity (Wildman–Crippen MR) is 106 cm³/mol. The number of ether oxygens (including phenoxy) is 1. The number of benzene rings is 2. The van der Waals surface area contributed by atoms with E-state index >= 15 is 0 Å². The molecule has 2 aromatic carbocycles. The van der Waals surface area contributed by atoms with Gasteiger partial charge in [0.05, 0.1) is 13.5 Å². The van der Waals surface area contributed by atoms with Gasteiger partial charge in [-0.3, -0.25) is 4.79 Å². The van der Waals surface area contributed by atoms with E-state index in [4.69, 9.17) is 27.9 Å². The molecular formula is C20H19Cl2N3O2. The van der Waals surface area contributed by atoms with E-state index in [0.29, 0.717) is 27.2 Å². The number of halogens is 2. The number of rotatable bonds is 6. The summed E-state index contributed by atoms with van der Waals surface area (Å²) in [6.07, 6.45) is 3.66. The van der Waals surface area contributed by atoms with Gasteiger partial charge in [-0.05, 0) is 23.8 Å². The summed E-state index contributed by atoms with van der Waals surface area (Å²) in [5, 5.41) is 4.04. The number of hydrogen-bond acceptors (Lipinski definition) is 3. The fourth-order valence-corrected chi connectivity index (χ4v) is 3.37. The number of methoxy groups -OCH3 is 1. The van der Waals surface area contributed by atoms with Crippen molar-refractivity contribution in [2.75, 3.05) is 7.11 Å². The topological polar surface area (TPSA) is 56.1 Å². The van der Waals surface area contributed by atoms with Crippen molar-refractivity contribution in [1.82, 2.24) is 14.9 Å². The summed E-state index contributed by atoms with van der Waals surface area (Å²) in [5.41, 5.74) is 1.53. The smallest absolute Gasteiger partial charge is 0.225 e. The minimum absolute atomic E-state index is 0.131. The molecule has 7 heteroatoms. The second-order valence-electron chi connectivity index (χ2n) is 6.05. The van der Waals surface area contributed by atoms with Gasteiger partial charge in [0.1, 0.15) is 17.6 Å². The van der Waals surface area contributed by atoms with Crippen molar-refractivity contribution in [3.8, 4) is 5.75 Å². The molecule has 1 N–H and O–H groups in total. The molecule has 3 aromatic rings. The van der Waals surface area contributed by atoms with Crippen molar-refractivity contribution < 1.29 is 9.53 Å². The van der Waals surface area contributed by atoms with E-state index in [1.807, 2.05) is 42.1 Å². The summed E-state index contributed by atoms with van der Waals surface area (Å²) >= 11 is 12.1. The Morgan fingerprint density at radius 1 is 1.26 bits per heavy atom. The quantitative estimate of drug-likeness (QED) is 0.671. The molecule has 1 atom stereocenters. The average Bonchev–Trinajstić information content (AvgIpc) is 3.08. The standard InChI is InChI=1S/C20H19Cl2N3O2/c1-25-10-9-23-20(25)19(15-5-3-4-6-17(15)27-2)24-18(26)11-13-7-8-14(21)12-16(13)22/h3-10,12,19H,11H2,1-2H3,(H,24,26)/t19-/m0/s1. The van der Waals surface area contributed by atoms with Gasteiger partial charge in [0, 0.05) is 35.1 Å². The van der Waals surface area contributed by atoms with Gasteiger partial charge in [-0.1, -0.05) is 47.5 Å². The van der Waals surface area contributed by atoms with Gasteiger partial charge in [0.2, 0.25) is 5.91 Å². The van der Waals surface area contributed by atoms with Crippen molar-refractivity contribution >= 4 is 29.1 Å². The van der Waals surface area contributed by atoms with Crippen LogP contribution in [0.2, 0.25) is 10.0 Å². The number of amides is 1. The molecule has 1 aromatic heterocycles. The Kier molecular flexibility index (Phi) is 6.04. The number of imidazole rings is 1. The molecule has 0 radical (unpaired) electrons. The first-order valence-corrected chi connectivity index (χ1v) is 9.08. The summed E-state index contributed by atoms with van der Waals surface area (Å²) in [4.78, 5) is 17.2. The van der Waals surface area contributed by atoms with Crippen molar-refractivity contribution in [1.29, 1.82) is 0 Å². The van der Waals surface area contributed by atoms with Crippen LogP contribution in [0.25, 0.3) is 0 Å². The van der Waals surface area contributed by atoms with Crippen LogP contribution in [0, 0.1) is 0 Å². The fraction of sp³-hybridized carbons (Fsp3) is 0.200. The molecule has 0 saturated heterocycles. The van der Waals surface area contributed by atoms with Gasteiger partial charge in [-0.15, -0.1) is 0 Å². The third-order valence-electron chi connectivity index (χ3n) is 4.24. The first-order chi connectivity index (χ1) is 13.0. The number of nitrogens with one attached hydrogen (secondary N) is 1. The molecule has 140 valence electrons. The Labute approximate surface area is 167 Å². The van der Waals surface area contributed by atoms with Crippen molar-refractivity contribution in [3.05, 3.63) is 81.9 Å². The maximum absolute atomic E-state index is 12.8. The average molecular weight is 404 g/mol. The predicted octanol–water partition coefficient (Wildman–Crippen LogP) is 4.18. The van der Waals surface area contributed by atoms with Crippen LogP contribution in [0.5, 0.6) is 5.75 Å². The first-order valence-electron chi connectivity index (χ1n) is 8.33. The summed E-state index contributed by atoms with van der Waals surface area (Å²) in [5.74, 6) is 1.20. The molecule has 1 heterocycles. The maximum atomic E-state index is 12.8. The second-order valence-corrected chi connectivity index (χ2v) is 6.89. The molecule has 27 heavy (non-hydrogen) atoms. The number of aryl methyl sites for hydroxylation is 1. The van der Waals surface area contributed by atoms with E-state index in [-0.39, 0.29) is 12.3 Å². The molecule has 0 unspecified atom stereocenters. The van der Waals surface area contributed by atoms with Gasteiger partial charge in [0.25, 0.3) is 0 Å². The van der Waals surface area contributed by atoms with Crippen LogP contribution < -0.4 is 10.1 Å². The molecule has 5 nitrogen and oxygen atoms in total. The lowest BCUT2D eigenvalue weighted by atomic mass is 10.0. The summed E-state index contributed by atoms with van der Waals surface area (Å²) in [6.45, 7) is 0. The number of hydrogen-bond donors (Lipinski definition) is 1. The van der Waals surface area contributed by atoms with Gasteiger partial charge >= 0.3 is 0 Å². The largest absolute Gasteiger partial charge is 0.496 e. The molecule has 0 bridgehead atoms. The Morgan fingerprint density at radius 3 is 2.70 bits per heavy atom. The molecule has 0 spiro atoms. The maximum Gasteiger partial charge on any atom is 0.225 e. The van der Waals surface area contributed by atoms with E-state index in [9.17, 15) is 4.79 Å². The molecule has 0 aliphatic carbocycles. The van der Waals surface area contributed by atoms with E-state index in [1.54, 1.807) is 31.5 Å². The zero-order valence-electron chi connectivity index (χ0n) is 14.9. The van der Waals surface area contributed by atoms with Crippen molar-refractivity contribution in [3.63, 3.8) is 0 Å². The molecule has 0 aliphatic rings. The van der Waals surface area contributed by atoms with Gasteiger partial charge in [0.15, 0.2) is 0 Å². The van der Waals surface area contributed by atoms with Crippen LogP contribution in [-0.4, -0.2) is 22.6 Å². The summed E-state index contributed by atoms with van der Waals surface area (Å²) in [6, 6.07) is 12.2. The first kappa shape index (κ1) is 19.3. The highest BCUT2D eigenvalue weighted by atomic mass is 35.5. The van der Waals surface area contributed by atoms with Gasteiger partial charge in [-0.25, -0.2) is 4.98 Å². The minimum atomic E-state index is -0.459. The molecule has 0 fully saturated rings. The Bertz CT molecular complexity index is 956. The Hall–Kier alpha value is -2.50. The van der Waals surface area contributed by atoms with E-state index in [0.717, 1.165) is 5.56 Å². The van der Waals surface area contributed by atoms with E-state index < -0.39 is 6.04 Å². The molecule has 1 amide bonds. The normalized spacial score (nSPS) is 11.9. The molecule has 3 rings (SSSR count). The third-order valence-corrected chi connectivity index (χ3v) is 4.82. The summed E-state index contributed by atoms with van der Waals surface area (Å²) < 4.78 is 7.34. The van der Waals surface area contributed by atoms with Gasteiger partial charge < -0.3 is 14.6 Å². The van der Waals surface area contributed by atoms with Crippen molar-refractivity contribution in [2.24, 2.45) is 7.05 Å². The zero-order chi connectivity index (χ0) is 19.4. The van der Waals surface area contributed by atoms with Crippen LogP contribution in [-0.2, 0) is 18.3 Å². The fourth-order valence-electron chi connectivity index (χ4n) is 2.89. The minimum Gasteiger partial charge on any atom is -0.496 e.